The van der Waals surface area contributed by atoms with Crippen molar-refractivity contribution >= 4 is 58.5 Å². The van der Waals surface area contributed by atoms with Crippen molar-refractivity contribution in [3.05, 3.63) is 104 Å². The summed E-state index contributed by atoms with van der Waals surface area (Å²) in [4.78, 5) is 56.6. The number of aliphatic hydroxyl groups is 4. The number of alkyl halides is 2. The molecule has 26 heteroatoms. The number of guanidine groups is 1. The van der Waals surface area contributed by atoms with Crippen molar-refractivity contribution in [3.63, 3.8) is 0 Å². The van der Waals surface area contributed by atoms with E-state index in [0.717, 1.165) is 21.5 Å². The number of aliphatic imine (C=N–C) groups is 1. The molecule has 63 heavy (non-hydrogen) atoms. The topological polar surface area (TPSA) is 355 Å². The number of carbonyl (C=O) groups is 3. The molecule has 0 aliphatic carbocycles. The number of anilines is 2. The maximum absolute atomic E-state index is 13.8. The van der Waals surface area contributed by atoms with Crippen molar-refractivity contribution in [2.24, 2.45) is 29.2 Å². The van der Waals surface area contributed by atoms with Gasteiger partial charge in [-0.25, -0.2) is 22.8 Å². The molecule has 15 N–H and O–H groups in total. The minimum absolute atomic E-state index is 0.0636. The number of nitrogens with zero attached hydrogens (tertiary/aromatic N) is 5. The summed E-state index contributed by atoms with van der Waals surface area (Å²) in [6.07, 6.45) is -3.72. The first-order valence-corrected chi connectivity index (χ1v) is 18.9. The van der Waals surface area contributed by atoms with Gasteiger partial charge in [0.2, 0.25) is 5.91 Å². The molecule has 1 aliphatic rings. The maximum Gasteiger partial charge on any atom is 0.351 e. The average Bonchev–Trinajstić information content (AvgIpc) is 3.64. The van der Waals surface area contributed by atoms with E-state index in [4.69, 9.17) is 56.0 Å². The van der Waals surface area contributed by atoms with Gasteiger partial charge in [-0.2, -0.15) is 10.1 Å². The number of aliphatic hydroxyl groups excluding tert-OH is 3. The van der Waals surface area contributed by atoms with Gasteiger partial charge in [0, 0.05) is 42.7 Å². The van der Waals surface area contributed by atoms with Gasteiger partial charge < -0.3 is 63.8 Å². The summed E-state index contributed by atoms with van der Waals surface area (Å²) in [6, 6.07) is 5.61. The van der Waals surface area contributed by atoms with E-state index in [0.29, 0.717) is 16.1 Å². The number of hydrogen-bond donors (Lipinski definition) is 11. The number of nitrogens with one attached hydrogen (secondary N) is 2. The summed E-state index contributed by atoms with van der Waals surface area (Å²) < 4.78 is 47.7. The molecule has 3 heterocycles. The Kier molecular flexibility index (Phi) is 16.8. The minimum atomic E-state index is -2.91. The molecule has 0 fully saturated rings. The number of aromatic nitrogens is 4. The Bertz CT molecular complexity index is 2440. The largest absolute Gasteiger partial charge is 0.479 e. The first-order valence-electron chi connectivity index (χ1n) is 18.2. The molecule has 0 bridgehead atoms. The van der Waals surface area contributed by atoms with Crippen LogP contribution in [0.15, 0.2) is 70.7 Å². The van der Waals surface area contributed by atoms with Crippen LogP contribution in [0.1, 0.15) is 40.7 Å². The van der Waals surface area contributed by atoms with Gasteiger partial charge in [-0.05, 0) is 42.0 Å². The molecule has 0 saturated carbocycles. The molecule has 0 spiro atoms. The third kappa shape index (κ3) is 12.3. The Balaban J connectivity index is 0.000000287. The van der Waals surface area contributed by atoms with Gasteiger partial charge in [0.05, 0.1) is 47.5 Å². The second-order valence-electron chi connectivity index (χ2n) is 13.7. The predicted octanol–water partition coefficient (Wildman–Crippen LogP) is 0.139. The molecule has 5 rings (SSSR count). The summed E-state index contributed by atoms with van der Waals surface area (Å²) in [6.45, 7) is -1.77. The zero-order chi connectivity index (χ0) is 46.9. The molecule has 2 amide bonds. The number of carboxylic acid groups (broad SMARTS) is 1. The van der Waals surface area contributed by atoms with Crippen LogP contribution in [0.5, 0.6) is 0 Å². The van der Waals surface area contributed by atoms with Gasteiger partial charge in [0.25, 0.3) is 12.3 Å². The van der Waals surface area contributed by atoms with E-state index in [-0.39, 0.29) is 33.6 Å². The van der Waals surface area contributed by atoms with Crippen LogP contribution < -0.4 is 39.3 Å². The van der Waals surface area contributed by atoms with Gasteiger partial charge >= 0.3 is 11.7 Å². The molecule has 1 aliphatic heterocycles. The van der Waals surface area contributed by atoms with Gasteiger partial charge in [0.15, 0.2) is 17.8 Å². The summed E-state index contributed by atoms with van der Waals surface area (Å²) >= 11 is 11.9. The first-order chi connectivity index (χ1) is 29.6. The van der Waals surface area contributed by atoms with E-state index in [1.807, 2.05) is 0 Å². The lowest BCUT2D eigenvalue weighted by Crippen LogP contribution is -2.63. The number of ether oxygens (including phenoxy) is 1. The van der Waals surface area contributed by atoms with Crippen molar-refractivity contribution in [1.82, 2.24) is 24.6 Å². The number of rotatable bonds is 15. The molecule has 4 aromatic rings. The molecule has 6 atom stereocenters. The van der Waals surface area contributed by atoms with E-state index < -0.39 is 104 Å². The van der Waals surface area contributed by atoms with Crippen molar-refractivity contribution in [2.75, 3.05) is 24.2 Å². The summed E-state index contributed by atoms with van der Waals surface area (Å²) in [7, 11) is 1.43. The molecular weight excluding hydrogens is 886 g/mol. The van der Waals surface area contributed by atoms with Crippen molar-refractivity contribution in [1.29, 1.82) is 0 Å². The highest BCUT2D eigenvalue weighted by Crippen LogP contribution is 2.35. The fourth-order valence-corrected chi connectivity index (χ4v) is 6.28. The zero-order valence-electron chi connectivity index (χ0n) is 32.8. The summed E-state index contributed by atoms with van der Waals surface area (Å²) in [5.74, 6) is -4.68. The van der Waals surface area contributed by atoms with Crippen molar-refractivity contribution in [3.8, 4) is 11.1 Å². The maximum atomic E-state index is 13.8. The Morgan fingerprint density at radius 2 is 1.78 bits per heavy atom. The lowest BCUT2D eigenvalue weighted by molar-refractivity contribution is -0.197. The smallest absolute Gasteiger partial charge is 0.351 e. The minimum Gasteiger partial charge on any atom is -0.479 e. The number of carboxylic acids is 1. The Morgan fingerprint density at radius 1 is 1.08 bits per heavy atom. The van der Waals surface area contributed by atoms with Crippen LogP contribution >= 0.6 is 23.2 Å². The number of carbonyl (C=O) groups excluding carboxylic acids is 2. The number of benzene rings is 2. The van der Waals surface area contributed by atoms with E-state index in [1.54, 1.807) is 6.07 Å². The number of nitrogens with two attached hydrogens (primary N) is 4. The van der Waals surface area contributed by atoms with Crippen LogP contribution in [0.25, 0.3) is 11.1 Å². The number of amides is 2. The highest BCUT2D eigenvalue weighted by molar-refractivity contribution is 6.42. The average molecular weight is 929 g/mol. The fraction of sp³-hybridized carbons (Fsp3) is 0.324. The SMILES string of the molecule is Cn1cc(C(=O)Nc2ccc(F)cc2-c2ccc(Cl)c(Cl)c2)c(C(F)F)n1.NC(N)=NC[C@H](O)C[C@](O)(C(=O)O)[C@H]1O[C@@H](n2cc(CO)c(N)nc2=O)C=C[C@@H]1NC(=O)[C@@H](N)CO. The summed E-state index contributed by atoms with van der Waals surface area (Å²) in [5, 5.41) is 59.0. The van der Waals surface area contributed by atoms with Crippen LogP contribution in [0.3, 0.4) is 0 Å². The summed E-state index contributed by atoms with van der Waals surface area (Å²) in [5.41, 5.74) is 18.0. The lowest BCUT2D eigenvalue weighted by Gasteiger charge is -2.41. The Hall–Kier alpha value is -6.12. The zero-order valence-corrected chi connectivity index (χ0v) is 34.3. The molecular formula is C37H42Cl2F3N11O10. The quantitative estimate of drug-likeness (QED) is 0.0429. The van der Waals surface area contributed by atoms with E-state index in [2.05, 4.69) is 25.7 Å². The van der Waals surface area contributed by atoms with Crippen LogP contribution in [0.4, 0.5) is 24.7 Å². The van der Waals surface area contributed by atoms with E-state index in [9.17, 15) is 52.8 Å². The predicted molar refractivity (Wildman–Crippen MR) is 221 cm³/mol. The third-order valence-corrected chi connectivity index (χ3v) is 9.82. The number of hydrogen-bond acceptors (Lipinski definition) is 14. The van der Waals surface area contributed by atoms with Crippen LogP contribution in [-0.2, 0) is 28.0 Å². The van der Waals surface area contributed by atoms with Gasteiger partial charge in [-0.15, -0.1) is 0 Å². The molecule has 2 aromatic heterocycles. The first kappa shape index (κ1) is 49.5. The monoisotopic (exact) mass is 927 g/mol. The van der Waals surface area contributed by atoms with Crippen molar-refractivity contribution < 1.29 is 57.8 Å². The molecule has 340 valence electrons. The highest BCUT2D eigenvalue weighted by Gasteiger charge is 2.52. The standard InChI is InChI=1S/C19H30N8O9.C18H12Cl2F3N3O/c20-10(7-29)15(31)25-11-1-2-12(27-5-8(6-28)14(21)26-18(27)34)36-13(11)19(35,16(32)33)3-9(30)4-24-17(22)23;1-26-8-12(16(25-26)17(22)23)18(27)24-15-5-3-10(21)7-11(15)9-2-4-13(19)14(20)6-9/h1-2,5,9-13,28-30,35H,3-4,6-7,20H2,(H,25,31)(H,32,33)(H2,21,26,34)(H4,22,23,24);2-8,17H,1H3,(H,24,27)/t9-,10+,11+,12-,13+,19-;/m1./s1. The molecule has 21 nitrogen and oxygen atoms in total. The highest BCUT2D eigenvalue weighted by atomic mass is 35.5. The van der Waals surface area contributed by atoms with Gasteiger partial charge in [-0.1, -0.05) is 35.3 Å². The van der Waals surface area contributed by atoms with Crippen LogP contribution in [0, 0.1) is 5.82 Å². The second kappa shape index (κ2) is 21.3. The second-order valence-corrected chi connectivity index (χ2v) is 14.5. The van der Waals surface area contributed by atoms with Crippen molar-refractivity contribution in [2.45, 2.75) is 55.6 Å². The fourth-order valence-electron chi connectivity index (χ4n) is 5.99. The molecule has 0 radical (unpaired) electrons. The Labute approximate surface area is 364 Å². The van der Waals surface area contributed by atoms with E-state index in [1.165, 1.54) is 49.7 Å². The number of nitrogen functional groups attached to an aromatic ring is 1. The van der Waals surface area contributed by atoms with Gasteiger partial charge in [0.1, 0.15) is 29.5 Å². The normalized spacial score (nSPS) is 17.7. The lowest BCUT2D eigenvalue weighted by atomic mass is 9.84. The van der Waals surface area contributed by atoms with Gasteiger partial charge in [-0.3, -0.25) is 23.8 Å². The Morgan fingerprint density at radius 3 is 2.38 bits per heavy atom. The molecule has 2 aromatic carbocycles. The number of aryl methyl sites for hydroxylation is 1. The molecule has 0 unspecified atom stereocenters. The van der Waals surface area contributed by atoms with E-state index >= 15 is 0 Å². The molecule has 0 saturated heterocycles. The van der Waals surface area contributed by atoms with Crippen LogP contribution in [-0.4, -0.2) is 112 Å². The third-order valence-electron chi connectivity index (χ3n) is 9.08. The van der Waals surface area contributed by atoms with Crippen LogP contribution in [0.2, 0.25) is 10.0 Å². The number of halogens is 5. The number of aliphatic carboxylic acids is 1.